The molecule has 0 radical (unpaired) electrons. The molecule has 2 N–H and O–H groups in total. The fourth-order valence-corrected chi connectivity index (χ4v) is 4.01. The highest BCUT2D eigenvalue weighted by Gasteiger charge is 2.49. The topological polar surface area (TPSA) is 97.0 Å². The molecule has 2 heterocycles. The minimum Gasteiger partial charge on any atom is -0.497 e. The first-order valence-corrected chi connectivity index (χ1v) is 9.73. The van der Waals surface area contributed by atoms with Crippen LogP contribution in [0.5, 0.6) is 5.75 Å². The van der Waals surface area contributed by atoms with E-state index in [1.807, 2.05) is 28.8 Å². The van der Waals surface area contributed by atoms with Gasteiger partial charge in [-0.3, -0.25) is 9.69 Å². The minimum absolute atomic E-state index is 0.236. The van der Waals surface area contributed by atoms with E-state index in [1.165, 1.54) is 0 Å². The summed E-state index contributed by atoms with van der Waals surface area (Å²) in [5.74, 6) is -0.308. The van der Waals surface area contributed by atoms with Crippen molar-refractivity contribution in [1.29, 1.82) is 0 Å². The highest BCUT2D eigenvalue weighted by molar-refractivity contribution is 5.76. The van der Waals surface area contributed by atoms with Crippen molar-refractivity contribution in [3.05, 3.63) is 48.0 Å². The first kappa shape index (κ1) is 21.3. The molecule has 1 aromatic heterocycles. The molecule has 0 unspecified atom stereocenters. The summed E-state index contributed by atoms with van der Waals surface area (Å²) in [5, 5.41) is 20.8. The van der Waals surface area contributed by atoms with Crippen LogP contribution in [0.25, 0.3) is 0 Å². The Balaban J connectivity index is 1.80. The van der Waals surface area contributed by atoms with Gasteiger partial charge in [-0.1, -0.05) is 12.1 Å². The highest BCUT2D eigenvalue weighted by Crippen LogP contribution is 2.36. The second-order valence-electron chi connectivity index (χ2n) is 7.58. The fraction of sp³-hybridized carbons (Fsp3) is 0.524. The molecule has 3 rings (SSSR count). The van der Waals surface area contributed by atoms with Gasteiger partial charge in [0.1, 0.15) is 11.2 Å². The van der Waals surface area contributed by atoms with E-state index < -0.39 is 17.5 Å². The number of aromatic nitrogens is 2. The number of benzene rings is 1. The maximum atomic E-state index is 12.3. The van der Waals surface area contributed by atoms with E-state index in [0.717, 1.165) is 11.3 Å². The molecule has 1 fully saturated rings. The van der Waals surface area contributed by atoms with Crippen LogP contribution < -0.4 is 4.74 Å². The molecule has 1 aromatic carbocycles. The molecule has 8 nitrogen and oxygen atoms in total. The summed E-state index contributed by atoms with van der Waals surface area (Å²) in [4.78, 5) is 18.6. The first-order chi connectivity index (χ1) is 14.0. The predicted molar refractivity (Wildman–Crippen MR) is 107 cm³/mol. The number of carboxylic acids is 1. The number of imidazole rings is 1. The van der Waals surface area contributed by atoms with Gasteiger partial charge in [0.25, 0.3) is 0 Å². The number of rotatable bonds is 9. The second kappa shape index (κ2) is 9.39. The van der Waals surface area contributed by atoms with E-state index in [1.54, 1.807) is 26.7 Å². The quantitative estimate of drug-likeness (QED) is 0.653. The lowest BCUT2D eigenvalue weighted by Gasteiger charge is -2.43. The third-order valence-electron chi connectivity index (χ3n) is 5.66. The number of aliphatic hydroxyl groups excluding tert-OH is 1. The van der Waals surface area contributed by atoms with Crippen molar-refractivity contribution in [2.24, 2.45) is 5.41 Å². The Labute approximate surface area is 170 Å². The number of piperidine rings is 1. The lowest BCUT2D eigenvalue weighted by molar-refractivity contribution is -0.163. The van der Waals surface area contributed by atoms with Crippen molar-refractivity contribution in [2.75, 3.05) is 33.9 Å². The number of ether oxygens (including phenoxy) is 2. The highest BCUT2D eigenvalue weighted by atomic mass is 16.5. The lowest BCUT2D eigenvalue weighted by atomic mass is 9.72. The van der Waals surface area contributed by atoms with Gasteiger partial charge in [0, 0.05) is 39.5 Å². The van der Waals surface area contributed by atoms with Crippen molar-refractivity contribution in [2.45, 2.75) is 32.0 Å². The van der Waals surface area contributed by atoms with Crippen LogP contribution in [0.3, 0.4) is 0 Å². The summed E-state index contributed by atoms with van der Waals surface area (Å²) in [6, 6.07) is 7.36. The molecule has 0 saturated carbocycles. The third-order valence-corrected chi connectivity index (χ3v) is 5.66. The summed E-state index contributed by atoms with van der Waals surface area (Å²) in [5.41, 5.74) is 0.555. The van der Waals surface area contributed by atoms with Gasteiger partial charge in [0.2, 0.25) is 0 Å². The molecule has 1 aliphatic rings. The van der Waals surface area contributed by atoms with Crippen molar-refractivity contribution < 1.29 is 24.5 Å². The molecule has 2 aromatic rings. The van der Waals surface area contributed by atoms with Crippen LogP contribution in [0.2, 0.25) is 0 Å². The molecular formula is C21H29N3O5. The number of carboxylic acid groups (broad SMARTS) is 1. The van der Waals surface area contributed by atoms with E-state index in [9.17, 15) is 15.0 Å². The molecule has 0 amide bonds. The standard InChI is InChI=1S/C21H29N3O5/c1-28-9-8-24-15-22-12-17(24)13-23-7-6-19(25)21(14-23,20(26)27)11-16-4-3-5-18(10-16)29-2/h3-5,10,12,15,19,25H,6-9,11,13-14H2,1-2H3,(H,26,27)/t19-,21-/m1/s1. The van der Waals surface area contributed by atoms with Gasteiger partial charge in [-0.15, -0.1) is 0 Å². The van der Waals surface area contributed by atoms with Crippen molar-refractivity contribution >= 4 is 5.97 Å². The lowest BCUT2D eigenvalue weighted by Crippen LogP contribution is -2.57. The zero-order valence-corrected chi connectivity index (χ0v) is 17.0. The minimum atomic E-state index is -1.28. The maximum absolute atomic E-state index is 12.3. The molecule has 0 bridgehead atoms. The molecule has 158 valence electrons. The maximum Gasteiger partial charge on any atom is 0.313 e. The van der Waals surface area contributed by atoms with Crippen LogP contribution in [-0.2, 0) is 29.0 Å². The van der Waals surface area contributed by atoms with Crippen LogP contribution in [0.4, 0.5) is 0 Å². The average molecular weight is 403 g/mol. The third kappa shape index (κ3) is 4.77. The summed E-state index contributed by atoms with van der Waals surface area (Å²) in [6.45, 7) is 2.73. The molecule has 0 aliphatic carbocycles. The van der Waals surface area contributed by atoms with Gasteiger partial charge in [-0.2, -0.15) is 0 Å². The Morgan fingerprint density at radius 2 is 2.21 bits per heavy atom. The van der Waals surface area contributed by atoms with Gasteiger partial charge in [-0.25, -0.2) is 4.98 Å². The Kier molecular flexibility index (Phi) is 6.89. The van der Waals surface area contributed by atoms with Gasteiger partial charge in [0.05, 0.1) is 31.8 Å². The summed E-state index contributed by atoms with van der Waals surface area (Å²) in [7, 11) is 3.23. The van der Waals surface area contributed by atoms with Crippen LogP contribution >= 0.6 is 0 Å². The Hall–Kier alpha value is -2.42. The molecule has 2 atom stereocenters. The normalized spacial score (nSPS) is 22.5. The number of hydrogen-bond acceptors (Lipinski definition) is 6. The van der Waals surface area contributed by atoms with E-state index in [2.05, 4.69) is 9.88 Å². The number of aliphatic hydroxyl groups is 1. The fourth-order valence-electron chi connectivity index (χ4n) is 4.01. The number of aliphatic carboxylic acids is 1. The van der Waals surface area contributed by atoms with Crippen LogP contribution in [0, 0.1) is 5.41 Å². The smallest absolute Gasteiger partial charge is 0.313 e. The monoisotopic (exact) mass is 403 g/mol. The number of carbonyl (C=O) groups is 1. The largest absolute Gasteiger partial charge is 0.497 e. The van der Waals surface area contributed by atoms with Gasteiger partial charge in [0.15, 0.2) is 0 Å². The Morgan fingerprint density at radius 3 is 2.93 bits per heavy atom. The summed E-state index contributed by atoms with van der Waals surface area (Å²) < 4.78 is 12.4. The van der Waals surface area contributed by atoms with E-state index in [4.69, 9.17) is 9.47 Å². The molecular weight excluding hydrogens is 374 g/mol. The van der Waals surface area contributed by atoms with Crippen molar-refractivity contribution in [3.8, 4) is 5.75 Å². The SMILES string of the molecule is COCCn1cncc1CN1CC[C@@H](O)[C@](Cc2cccc(OC)c2)(C(=O)O)C1. The molecule has 0 spiro atoms. The van der Waals surface area contributed by atoms with Gasteiger partial charge in [-0.05, 0) is 30.5 Å². The summed E-state index contributed by atoms with van der Waals surface area (Å²) >= 11 is 0. The van der Waals surface area contributed by atoms with E-state index >= 15 is 0 Å². The van der Waals surface area contributed by atoms with Crippen LogP contribution in [0.1, 0.15) is 17.7 Å². The number of likely N-dealkylation sites (tertiary alicyclic amines) is 1. The van der Waals surface area contributed by atoms with E-state index in [-0.39, 0.29) is 13.0 Å². The molecule has 29 heavy (non-hydrogen) atoms. The average Bonchev–Trinajstić information content (AvgIpc) is 3.15. The molecule has 8 heteroatoms. The molecule has 1 aliphatic heterocycles. The predicted octanol–water partition coefficient (Wildman–Crippen LogP) is 1.42. The zero-order valence-electron chi connectivity index (χ0n) is 17.0. The molecule has 1 saturated heterocycles. The van der Waals surface area contributed by atoms with E-state index in [0.29, 0.717) is 38.4 Å². The number of methoxy groups -OCH3 is 2. The second-order valence-corrected chi connectivity index (χ2v) is 7.58. The van der Waals surface area contributed by atoms with Gasteiger partial charge >= 0.3 is 5.97 Å². The zero-order chi connectivity index (χ0) is 20.9. The van der Waals surface area contributed by atoms with Crippen molar-refractivity contribution in [1.82, 2.24) is 14.5 Å². The first-order valence-electron chi connectivity index (χ1n) is 9.73. The number of hydrogen-bond donors (Lipinski definition) is 2. The Bertz CT molecular complexity index is 824. The summed E-state index contributed by atoms with van der Waals surface area (Å²) in [6.07, 6.45) is 3.28. The van der Waals surface area contributed by atoms with Crippen LogP contribution in [-0.4, -0.2) is 70.7 Å². The Morgan fingerprint density at radius 1 is 1.38 bits per heavy atom. The van der Waals surface area contributed by atoms with Gasteiger partial charge < -0.3 is 24.3 Å². The number of nitrogens with zero attached hydrogens (tertiary/aromatic N) is 3. The van der Waals surface area contributed by atoms with Crippen molar-refractivity contribution in [3.63, 3.8) is 0 Å². The van der Waals surface area contributed by atoms with Crippen LogP contribution in [0.15, 0.2) is 36.8 Å².